The van der Waals surface area contributed by atoms with Gasteiger partial charge >= 0.3 is 0 Å². The maximum atomic E-state index is 12.1. The average molecular weight is 340 g/mol. The van der Waals surface area contributed by atoms with Crippen molar-refractivity contribution in [2.45, 2.75) is 25.8 Å². The van der Waals surface area contributed by atoms with Crippen LogP contribution in [0.3, 0.4) is 0 Å². The zero-order valence-electron chi connectivity index (χ0n) is 14.4. The van der Waals surface area contributed by atoms with E-state index in [1.807, 2.05) is 24.3 Å². The molecule has 3 N–H and O–H groups in total. The molecule has 1 unspecified atom stereocenters. The van der Waals surface area contributed by atoms with Crippen molar-refractivity contribution in [3.05, 3.63) is 59.2 Å². The van der Waals surface area contributed by atoms with Gasteiger partial charge in [0.1, 0.15) is 5.75 Å². The Morgan fingerprint density at radius 3 is 3.00 bits per heavy atom. The molecule has 0 bridgehead atoms. The molecule has 3 rings (SSSR count). The van der Waals surface area contributed by atoms with Crippen molar-refractivity contribution in [1.29, 1.82) is 0 Å². The van der Waals surface area contributed by atoms with E-state index in [0.29, 0.717) is 5.56 Å². The van der Waals surface area contributed by atoms with E-state index in [-0.39, 0.29) is 25.1 Å². The molecule has 5 nitrogen and oxygen atoms in total. The Morgan fingerprint density at radius 2 is 2.16 bits per heavy atom. The lowest BCUT2D eigenvalue weighted by molar-refractivity contribution is 0.0945. The first-order valence-electron chi connectivity index (χ1n) is 8.66. The monoisotopic (exact) mass is 340 g/mol. The fraction of sp³-hybridized carbons (Fsp3) is 0.350. The lowest BCUT2D eigenvalue weighted by Crippen LogP contribution is -2.26. The van der Waals surface area contributed by atoms with Gasteiger partial charge in [-0.3, -0.25) is 4.79 Å². The molecule has 1 atom stereocenters. The van der Waals surface area contributed by atoms with Gasteiger partial charge in [-0.1, -0.05) is 23.8 Å². The normalized spacial score (nSPS) is 16.3. The van der Waals surface area contributed by atoms with Crippen LogP contribution in [0, 0.1) is 6.92 Å². The molecule has 132 valence electrons. The van der Waals surface area contributed by atoms with E-state index in [1.165, 1.54) is 5.56 Å². The standard InChI is InChI=1S/C20H24N2O3/c1-14-7-8-19-17(12-14)18(6-3-11-25-19)22-16-5-2-4-15(13-16)20(24)21-9-10-23/h2,4-5,7-8,12-13,18,22-23H,3,6,9-11H2,1H3,(H,21,24). The van der Waals surface area contributed by atoms with Gasteiger partial charge in [0.15, 0.2) is 0 Å². The number of rotatable bonds is 5. The van der Waals surface area contributed by atoms with Gasteiger partial charge in [0.2, 0.25) is 0 Å². The second-order valence-corrected chi connectivity index (χ2v) is 6.29. The van der Waals surface area contributed by atoms with Crippen LogP contribution in [0.2, 0.25) is 0 Å². The summed E-state index contributed by atoms with van der Waals surface area (Å²) in [5.74, 6) is 0.746. The SMILES string of the molecule is Cc1ccc2c(c1)C(Nc1cccc(C(=O)NCCO)c1)CCCO2. The van der Waals surface area contributed by atoms with E-state index in [2.05, 4.69) is 29.7 Å². The molecule has 1 heterocycles. The smallest absolute Gasteiger partial charge is 0.251 e. The van der Waals surface area contributed by atoms with Crippen LogP contribution in [0.4, 0.5) is 5.69 Å². The first-order chi connectivity index (χ1) is 12.2. The lowest BCUT2D eigenvalue weighted by atomic mass is 9.99. The summed E-state index contributed by atoms with van der Waals surface area (Å²) in [4.78, 5) is 12.1. The van der Waals surface area contributed by atoms with Crippen molar-refractivity contribution in [1.82, 2.24) is 5.32 Å². The first kappa shape index (κ1) is 17.3. The number of carbonyl (C=O) groups excluding carboxylic acids is 1. The van der Waals surface area contributed by atoms with Crippen LogP contribution in [0.25, 0.3) is 0 Å². The van der Waals surface area contributed by atoms with Gasteiger partial charge in [-0.2, -0.15) is 0 Å². The molecule has 1 aliphatic heterocycles. The van der Waals surface area contributed by atoms with Gasteiger partial charge < -0.3 is 20.5 Å². The maximum Gasteiger partial charge on any atom is 0.251 e. The molecule has 0 saturated heterocycles. The Kier molecular flexibility index (Phi) is 5.56. The maximum absolute atomic E-state index is 12.1. The minimum Gasteiger partial charge on any atom is -0.493 e. The highest BCUT2D eigenvalue weighted by atomic mass is 16.5. The van der Waals surface area contributed by atoms with Gasteiger partial charge in [-0.25, -0.2) is 0 Å². The summed E-state index contributed by atoms with van der Waals surface area (Å²) in [6.07, 6.45) is 1.94. The van der Waals surface area contributed by atoms with Crippen molar-refractivity contribution in [3.8, 4) is 5.75 Å². The molecule has 0 saturated carbocycles. The second kappa shape index (κ2) is 8.03. The Bertz CT molecular complexity index is 745. The van der Waals surface area contributed by atoms with Crippen molar-refractivity contribution in [3.63, 3.8) is 0 Å². The fourth-order valence-electron chi connectivity index (χ4n) is 3.07. The molecule has 5 heteroatoms. The highest BCUT2D eigenvalue weighted by Gasteiger charge is 2.20. The second-order valence-electron chi connectivity index (χ2n) is 6.29. The molecule has 0 fully saturated rings. The molecular formula is C20H24N2O3. The zero-order chi connectivity index (χ0) is 17.6. The predicted octanol–water partition coefficient (Wildman–Crippen LogP) is 3.04. The van der Waals surface area contributed by atoms with Crippen LogP contribution in [-0.2, 0) is 0 Å². The van der Waals surface area contributed by atoms with Crippen molar-refractivity contribution in [2.75, 3.05) is 25.1 Å². The lowest BCUT2D eigenvalue weighted by Gasteiger charge is -2.20. The van der Waals surface area contributed by atoms with E-state index in [1.54, 1.807) is 6.07 Å². The number of fused-ring (bicyclic) bond motifs is 1. The van der Waals surface area contributed by atoms with Gasteiger partial charge in [0, 0.05) is 23.4 Å². The van der Waals surface area contributed by atoms with E-state index in [9.17, 15) is 4.79 Å². The van der Waals surface area contributed by atoms with Crippen LogP contribution in [0.1, 0.15) is 40.4 Å². The number of benzene rings is 2. The number of anilines is 1. The van der Waals surface area contributed by atoms with Crippen LogP contribution >= 0.6 is 0 Å². The number of aryl methyl sites for hydroxylation is 1. The number of aliphatic hydroxyl groups excluding tert-OH is 1. The van der Waals surface area contributed by atoms with Gasteiger partial charge in [0.25, 0.3) is 5.91 Å². The zero-order valence-corrected chi connectivity index (χ0v) is 14.4. The number of ether oxygens (including phenoxy) is 1. The van der Waals surface area contributed by atoms with E-state index >= 15 is 0 Å². The van der Waals surface area contributed by atoms with Crippen LogP contribution in [0.5, 0.6) is 5.75 Å². The Balaban J connectivity index is 1.80. The molecule has 0 aromatic heterocycles. The summed E-state index contributed by atoms with van der Waals surface area (Å²) in [7, 11) is 0. The summed E-state index contributed by atoms with van der Waals surface area (Å²) in [6, 6.07) is 13.8. The number of hydrogen-bond donors (Lipinski definition) is 3. The third kappa shape index (κ3) is 4.31. The molecule has 0 radical (unpaired) electrons. The number of amides is 1. The summed E-state index contributed by atoms with van der Waals surface area (Å²) in [5.41, 5.74) is 3.84. The van der Waals surface area contributed by atoms with Gasteiger partial charge in [-0.15, -0.1) is 0 Å². The predicted molar refractivity (Wildman–Crippen MR) is 98.1 cm³/mol. The molecule has 1 amide bonds. The van der Waals surface area contributed by atoms with E-state index in [0.717, 1.165) is 36.4 Å². The first-order valence-corrected chi connectivity index (χ1v) is 8.66. The number of nitrogens with one attached hydrogen (secondary N) is 2. The fourth-order valence-corrected chi connectivity index (χ4v) is 3.07. The van der Waals surface area contributed by atoms with Gasteiger partial charge in [0.05, 0.1) is 19.3 Å². The van der Waals surface area contributed by atoms with Crippen molar-refractivity contribution in [2.24, 2.45) is 0 Å². The number of carbonyl (C=O) groups is 1. The molecule has 0 aliphatic carbocycles. The molecule has 2 aromatic carbocycles. The van der Waals surface area contributed by atoms with Crippen LogP contribution < -0.4 is 15.4 Å². The minimum atomic E-state index is -0.182. The summed E-state index contributed by atoms with van der Waals surface area (Å²) in [6.45, 7) is 2.98. The quantitative estimate of drug-likeness (QED) is 0.782. The Morgan fingerprint density at radius 1 is 1.28 bits per heavy atom. The molecule has 25 heavy (non-hydrogen) atoms. The molecule has 0 spiro atoms. The number of hydrogen-bond acceptors (Lipinski definition) is 4. The largest absolute Gasteiger partial charge is 0.493 e. The van der Waals surface area contributed by atoms with Crippen LogP contribution in [0.15, 0.2) is 42.5 Å². The Labute approximate surface area is 148 Å². The van der Waals surface area contributed by atoms with E-state index in [4.69, 9.17) is 9.84 Å². The third-order valence-electron chi connectivity index (χ3n) is 4.30. The molecule has 1 aliphatic rings. The topological polar surface area (TPSA) is 70.6 Å². The van der Waals surface area contributed by atoms with Crippen LogP contribution in [-0.4, -0.2) is 30.8 Å². The van der Waals surface area contributed by atoms with Crippen molar-refractivity contribution >= 4 is 11.6 Å². The highest BCUT2D eigenvalue weighted by Crippen LogP contribution is 2.34. The van der Waals surface area contributed by atoms with Gasteiger partial charge in [-0.05, 0) is 44.0 Å². The average Bonchev–Trinajstić information content (AvgIpc) is 2.82. The summed E-state index contributed by atoms with van der Waals surface area (Å²) < 4.78 is 5.85. The van der Waals surface area contributed by atoms with E-state index < -0.39 is 0 Å². The Hall–Kier alpha value is -2.53. The molecule has 2 aromatic rings. The van der Waals surface area contributed by atoms with Crippen molar-refractivity contribution < 1.29 is 14.6 Å². The summed E-state index contributed by atoms with van der Waals surface area (Å²) in [5, 5.41) is 15.1. The summed E-state index contributed by atoms with van der Waals surface area (Å²) >= 11 is 0. The third-order valence-corrected chi connectivity index (χ3v) is 4.30. The highest BCUT2D eigenvalue weighted by molar-refractivity contribution is 5.95. The number of aliphatic hydroxyl groups is 1. The minimum absolute atomic E-state index is 0.0676. The molecular weight excluding hydrogens is 316 g/mol.